The fourth-order valence-corrected chi connectivity index (χ4v) is 4.46. The molecular weight excluding hydrogens is 376 g/mol. The Morgan fingerprint density at radius 1 is 0.900 bits per heavy atom. The lowest BCUT2D eigenvalue weighted by atomic mass is 9.84. The minimum absolute atomic E-state index is 0.225. The Balaban J connectivity index is 1.94. The Morgan fingerprint density at radius 2 is 1.53 bits per heavy atom. The SMILES string of the molecule is CCOC(=O)C1(C(=O)OCC)Cc2cc3ccccc3c(-c3ccc(C)cc3)c2C1. The summed E-state index contributed by atoms with van der Waals surface area (Å²) in [4.78, 5) is 26.0. The molecule has 0 N–H and O–H groups in total. The molecule has 0 radical (unpaired) electrons. The highest BCUT2D eigenvalue weighted by atomic mass is 16.6. The topological polar surface area (TPSA) is 52.6 Å². The van der Waals surface area contributed by atoms with E-state index in [-0.39, 0.29) is 19.6 Å². The minimum Gasteiger partial charge on any atom is -0.465 e. The van der Waals surface area contributed by atoms with Crippen LogP contribution in [0.5, 0.6) is 0 Å². The maximum atomic E-state index is 13.0. The molecular formula is C26H26O4. The molecule has 0 atom stereocenters. The van der Waals surface area contributed by atoms with Gasteiger partial charge >= 0.3 is 11.9 Å². The third-order valence-electron chi connectivity index (χ3n) is 5.89. The van der Waals surface area contributed by atoms with Gasteiger partial charge in [-0.05, 0) is 60.2 Å². The normalized spacial score (nSPS) is 14.4. The molecule has 0 aliphatic heterocycles. The molecule has 4 rings (SSSR count). The quantitative estimate of drug-likeness (QED) is 0.444. The molecule has 0 aromatic heterocycles. The van der Waals surface area contributed by atoms with Gasteiger partial charge in [0, 0.05) is 6.42 Å². The van der Waals surface area contributed by atoms with E-state index in [1.807, 2.05) is 12.1 Å². The zero-order valence-electron chi connectivity index (χ0n) is 17.7. The van der Waals surface area contributed by atoms with E-state index in [0.717, 1.165) is 33.0 Å². The van der Waals surface area contributed by atoms with Crippen molar-refractivity contribution in [1.29, 1.82) is 0 Å². The molecule has 0 saturated carbocycles. The molecule has 0 unspecified atom stereocenters. The highest BCUT2D eigenvalue weighted by Gasteiger charge is 2.53. The number of carbonyl (C=O) groups is 2. The zero-order valence-corrected chi connectivity index (χ0v) is 17.7. The lowest BCUT2D eigenvalue weighted by Crippen LogP contribution is -2.43. The second kappa shape index (κ2) is 7.94. The van der Waals surface area contributed by atoms with Crippen molar-refractivity contribution in [3.05, 3.63) is 71.3 Å². The number of hydrogen-bond donors (Lipinski definition) is 0. The third-order valence-corrected chi connectivity index (χ3v) is 5.89. The lowest BCUT2D eigenvalue weighted by molar-refractivity contribution is -0.171. The summed E-state index contributed by atoms with van der Waals surface area (Å²) in [5, 5.41) is 2.21. The van der Waals surface area contributed by atoms with Crippen LogP contribution < -0.4 is 0 Å². The van der Waals surface area contributed by atoms with Gasteiger partial charge in [-0.3, -0.25) is 9.59 Å². The molecule has 0 fully saturated rings. The van der Waals surface area contributed by atoms with Crippen LogP contribution in [0.15, 0.2) is 54.6 Å². The van der Waals surface area contributed by atoms with E-state index in [1.54, 1.807) is 13.8 Å². The Kier molecular flexibility index (Phi) is 5.33. The van der Waals surface area contributed by atoms with Crippen molar-refractivity contribution in [3.8, 4) is 11.1 Å². The Hall–Kier alpha value is -3.14. The van der Waals surface area contributed by atoms with Gasteiger partial charge in [0.15, 0.2) is 5.41 Å². The number of rotatable bonds is 5. The van der Waals surface area contributed by atoms with Crippen molar-refractivity contribution < 1.29 is 19.1 Å². The first kappa shape index (κ1) is 20.1. The molecule has 0 heterocycles. The van der Waals surface area contributed by atoms with Crippen molar-refractivity contribution in [1.82, 2.24) is 0 Å². The molecule has 4 heteroatoms. The number of esters is 2. The van der Waals surface area contributed by atoms with E-state index >= 15 is 0 Å². The third kappa shape index (κ3) is 3.26. The van der Waals surface area contributed by atoms with Gasteiger partial charge in [-0.2, -0.15) is 0 Å². The Bertz CT molecular complexity index is 1090. The van der Waals surface area contributed by atoms with E-state index in [4.69, 9.17) is 9.47 Å². The van der Waals surface area contributed by atoms with Gasteiger partial charge in [0.25, 0.3) is 0 Å². The predicted molar refractivity (Wildman–Crippen MR) is 117 cm³/mol. The summed E-state index contributed by atoms with van der Waals surface area (Å²) in [6.45, 7) is 6.02. The van der Waals surface area contributed by atoms with Crippen molar-refractivity contribution in [3.63, 3.8) is 0 Å². The maximum absolute atomic E-state index is 13.0. The number of hydrogen-bond acceptors (Lipinski definition) is 4. The van der Waals surface area contributed by atoms with E-state index in [0.29, 0.717) is 6.42 Å². The van der Waals surface area contributed by atoms with Crippen LogP contribution in [0.25, 0.3) is 21.9 Å². The molecule has 1 aliphatic rings. The fraction of sp³-hybridized carbons (Fsp3) is 0.308. The van der Waals surface area contributed by atoms with Gasteiger partial charge in [0.2, 0.25) is 0 Å². The molecule has 1 aliphatic carbocycles. The molecule has 0 spiro atoms. The predicted octanol–water partition coefficient (Wildman–Crippen LogP) is 5.03. The minimum atomic E-state index is -1.33. The summed E-state index contributed by atoms with van der Waals surface area (Å²) >= 11 is 0. The highest BCUT2D eigenvalue weighted by Crippen LogP contribution is 2.46. The van der Waals surface area contributed by atoms with Crippen LogP contribution in [0, 0.1) is 12.3 Å². The molecule has 0 amide bonds. The number of fused-ring (bicyclic) bond motifs is 2. The summed E-state index contributed by atoms with van der Waals surface area (Å²) in [5.41, 5.74) is 4.05. The average molecular weight is 402 g/mol. The second-order valence-electron chi connectivity index (χ2n) is 7.85. The standard InChI is InChI=1S/C26H26O4/c1-4-29-24(27)26(25(28)30-5-2)15-20-14-19-8-6-7-9-21(19)23(22(20)16-26)18-12-10-17(3)11-13-18/h6-14H,4-5,15-16H2,1-3H3. The number of ether oxygens (including phenoxy) is 2. The van der Waals surface area contributed by atoms with Gasteiger partial charge in [0.1, 0.15) is 0 Å². The van der Waals surface area contributed by atoms with Crippen molar-refractivity contribution in [2.75, 3.05) is 13.2 Å². The van der Waals surface area contributed by atoms with Crippen molar-refractivity contribution in [2.24, 2.45) is 5.41 Å². The van der Waals surface area contributed by atoms with Crippen LogP contribution >= 0.6 is 0 Å². The number of aryl methyl sites for hydroxylation is 1. The van der Waals surface area contributed by atoms with E-state index in [9.17, 15) is 9.59 Å². The first-order valence-electron chi connectivity index (χ1n) is 10.4. The van der Waals surface area contributed by atoms with Crippen LogP contribution in [-0.4, -0.2) is 25.2 Å². The summed E-state index contributed by atoms with van der Waals surface area (Å²) in [5.74, 6) is -1.00. The summed E-state index contributed by atoms with van der Waals surface area (Å²) in [6.07, 6.45) is 0.581. The summed E-state index contributed by atoms with van der Waals surface area (Å²) in [7, 11) is 0. The summed E-state index contributed by atoms with van der Waals surface area (Å²) < 4.78 is 10.7. The highest BCUT2D eigenvalue weighted by molar-refractivity contribution is 6.05. The van der Waals surface area contributed by atoms with Crippen molar-refractivity contribution >= 4 is 22.7 Å². The molecule has 154 valence electrons. The van der Waals surface area contributed by atoms with Crippen LogP contribution in [0.2, 0.25) is 0 Å². The maximum Gasteiger partial charge on any atom is 0.324 e. The first-order valence-corrected chi connectivity index (χ1v) is 10.4. The molecule has 3 aromatic rings. The summed E-state index contributed by atoms with van der Waals surface area (Å²) in [6, 6.07) is 18.7. The van der Waals surface area contributed by atoms with Gasteiger partial charge in [-0.1, -0.05) is 60.2 Å². The van der Waals surface area contributed by atoms with Gasteiger partial charge in [0.05, 0.1) is 13.2 Å². The smallest absolute Gasteiger partial charge is 0.324 e. The van der Waals surface area contributed by atoms with Gasteiger partial charge in [-0.25, -0.2) is 0 Å². The molecule has 0 saturated heterocycles. The Morgan fingerprint density at radius 3 is 2.17 bits per heavy atom. The van der Waals surface area contributed by atoms with E-state index in [2.05, 4.69) is 49.4 Å². The average Bonchev–Trinajstić information content (AvgIpc) is 3.13. The van der Waals surface area contributed by atoms with Crippen LogP contribution in [0.4, 0.5) is 0 Å². The Labute approximate surface area is 176 Å². The molecule has 0 bridgehead atoms. The van der Waals surface area contributed by atoms with E-state index < -0.39 is 17.4 Å². The first-order chi connectivity index (χ1) is 14.5. The van der Waals surface area contributed by atoms with Crippen LogP contribution in [0.3, 0.4) is 0 Å². The zero-order chi connectivity index (χ0) is 21.3. The largest absolute Gasteiger partial charge is 0.465 e. The fourth-order valence-electron chi connectivity index (χ4n) is 4.46. The van der Waals surface area contributed by atoms with Gasteiger partial charge < -0.3 is 9.47 Å². The van der Waals surface area contributed by atoms with Gasteiger partial charge in [-0.15, -0.1) is 0 Å². The second-order valence-corrected chi connectivity index (χ2v) is 7.85. The monoisotopic (exact) mass is 402 g/mol. The van der Waals surface area contributed by atoms with Crippen molar-refractivity contribution in [2.45, 2.75) is 33.6 Å². The molecule has 30 heavy (non-hydrogen) atoms. The van der Waals surface area contributed by atoms with E-state index in [1.165, 1.54) is 5.56 Å². The number of carbonyl (C=O) groups excluding carboxylic acids is 2. The van der Waals surface area contributed by atoms with Crippen LogP contribution in [-0.2, 0) is 31.9 Å². The van der Waals surface area contributed by atoms with Crippen LogP contribution in [0.1, 0.15) is 30.5 Å². The molecule has 3 aromatic carbocycles. The number of benzene rings is 3. The molecule has 4 nitrogen and oxygen atoms in total. The lowest BCUT2D eigenvalue weighted by Gasteiger charge is -2.24.